The van der Waals surface area contributed by atoms with Crippen LogP contribution in [0.3, 0.4) is 0 Å². The standard InChI is InChI=1S/C54H34N2/c1-2-14-34(15-3-1)46-28-37(26-27-50(46)55-51-32-38-18-6-7-19-40(38)41-20-10-11-23-44(41)51)39-30-48-43-22-9-8-21-42(43)47-29-35-16-4-5-17-36(35)33-53(47)56-52-25-13-12-24-45(52)49(31-39)54(48)56/h1-33,55H. The maximum Gasteiger partial charge on any atom is 0.0620 e. The van der Waals surface area contributed by atoms with Crippen LogP contribution in [0.5, 0.6) is 0 Å². The molecule has 0 spiro atoms. The predicted octanol–water partition coefficient (Wildman–Crippen LogP) is 15.0. The van der Waals surface area contributed by atoms with Crippen molar-refractivity contribution in [2.45, 2.75) is 0 Å². The largest absolute Gasteiger partial charge is 0.354 e. The highest BCUT2D eigenvalue weighted by atomic mass is 15.0. The lowest BCUT2D eigenvalue weighted by molar-refractivity contribution is 1.19. The van der Waals surface area contributed by atoms with Crippen LogP contribution < -0.4 is 5.32 Å². The third-order valence-electron chi connectivity index (χ3n) is 11.9. The number of anilines is 2. The Morgan fingerprint density at radius 2 is 0.929 bits per heavy atom. The first-order valence-corrected chi connectivity index (χ1v) is 19.3. The smallest absolute Gasteiger partial charge is 0.0620 e. The molecule has 0 atom stereocenters. The summed E-state index contributed by atoms with van der Waals surface area (Å²) in [7, 11) is 0. The van der Waals surface area contributed by atoms with Gasteiger partial charge in [-0.1, -0.05) is 152 Å². The highest BCUT2D eigenvalue weighted by Crippen LogP contribution is 2.49. The summed E-state index contributed by atoms with van der Waals surface area (Å²) in [6.07, 6.45) is 0. The van der Waals surface area contributed by atoms with E-state index in [1.54, 1.807) is 0 Å². The number of nitrogens with one attached hydrogen (secondary N) is 1. The van der Waals surface area contributed by atoms with Crippen LogP contribution in [0.1, 0.15) is 0 Å². The van der Waals surface area contributed by atoms with Crippen LogP contribution in [0.4, 0.5) is 11.4 Å². The second kappa shape index (κ2) is 12.0. The minimum absolute atomic E-state index is 1.07. The van der Waals surface area contributed by atoms with E-state index in [0.29, 0.717) is 0 Å². The van der Waals surface area contributed by atoms with Crippen LogP contribution in [-0.2, 0) is 0 Å². The summed E-state index contributed by atoms with van der Waals surface area (Å²) in [5, 5.41) is 13.9. The average molecular weight is 711 g/mol. The summed E-state index contributed by atoms with van der Waals surface area (Å²) in [5.41, 5.74) is 15.6. The van der Waals surface area contributed by atoms with Crippen molar-refractivity contribution in [3.05, 3.63) is 200 Å². The maximum atomic E-state index is 3.92. The predicted molar refractivity (Wildman–Crippen MR) is 238 cm³/mol. The lowest BCUT2D eigenvalue weighted by Crippen LogP contribution is -1.97. The van der Waals surface area contributed by atoms with Crippen molar-refractivity contribution >= 4 is 65.5 Å². The fraction of sp³-hybridized carbons (Fsp3) is 0. The Kier molecular flexibility index (Phi) is 6.66. The van der Waals surface area contributed by atoms with Crippen molar-refractivity contribution in [3.63, 3.8) is 0 Å². The zero-order chi connectivity index (χ0) is 36.7. The van der Waals surface area contributed by atoms with Gasteiger partial charge in [0.05, 0.1) is 16.7 Å². The minimum Gasteiger partial charge on any atom is -0.354 e. The van der Waals surface area contributed by atoms with E-state index in [1.165, 1.54) is 98.8 Å². The van der Waals surface area contributed by atoms with Crippen LogP contribution in [0.25, 0.3) is 104 Å². The molecule has 0 unspecified atom stereocenters. The van der Waals surface area contributed by atoms with E-state index in [2.05, 4.69) is 210 Å². The molecule has 260 valence electrons. The van der Waals surface area contributed by atoms with Gasteiger partial charge >= 0.3 is 0 Å². The average Bonchev–Trinajstić information content (AvgIpc) is 3.54. The normalized spacial score (nSPS) is 11.9. The minimum atomic E-state index is 1.07. The molecule has 2 nitrogen and oxygen atoms in total. The molecule has 1 N–H and O–H groups in total. The summed E-state index contributed by atoms with van der Waals surface area (Å²) in [6.45, 7) is 0. The van der Waals surface area contributed by atoms with Gasteiger partial charge in [-0.2, -0.15) is 0 Å². The molecule has 1 aromatic heterocycles. The second-order valence-corrected chi connectivity index (χ2v) is 15.0. The number of benzene rings is 10. The lowest BCUT2D eigenvalue weighted by Gasteiger charge is -2.18. The van der Waals surface area contributed by atoms with Gasteiger partial charge in [-0.15, -0.1) is 0 Å². The SMILES string of the molecule is c1ccc(-c2cc(-c3cc4c5c(c3)c3ccccc3n5-c3cc5ccccc5cc3-c3ccccc3-4)ccc2Nc2cc3ccccc3c3ccccc23)cc1. The highest BCUT2D eigenvalue weighted by molar-refractivity contribution is 6.18. The first-order chi connectivity index (χ1) is 27.8. The molecule has 56 heavy (non-hydrogen) atoms. The van der Waals surface area contributed by atoms with Crippen LogP contribution in [0, 0.1) is 0 Å². The van der Waals surface area contributed by atoms with Gasteiger partial charge in [-0.25, -0.2) is 0 Å². The number of hydrogen-bond acceptors (Lipinski definition) is 1. The number of para-hydroxylation sites is 1. The lowest BCUT2D eigenvalue weighted by atomic mass is 9.90. The van der Waals surface area contributed by atoms with E-state index in [0.717, 1.165) is 16.9 Å². The van der Waals surface area contributed by atoms with E-state index in [-0.39, 0.29) is 0 Å². The molecule has 10 aromatic carbocycles. The molecule has 0 amide bonds. The second-order valence-electron chi connectivity index (χ2n) is 15.0. The molecule has 0 fully saturated rings. The summed E-state index contributed by atoms with van der Waals surface area (Å²) >= 11 is 0. The molecular formula is C54H34N2. The summed E-state index contributed by atoms with van der Waals surface area (Å²) in [4.78, 5) is 0. The summed E-state index contributed by atoms with van der Waals surface area (Å²) < 4.78 is 2.52. The molecule has 12 rings (SSSR count). The van der Waals surface area contributed by atoms with E-state index in [1.807, 2.05) is 0 Å². The van der Waals surface area contributed by atoms with Gasteiger partial charge < -0.3 is 9.88 Å². The van der Waals surface area contributed by atoms with Gasteiger partial charge in [0.15, 0.2) is 0 Å². The Hall–Kier alpha value is -7.42. The van der Waals surface area contributed by atoms with E-state index >= 15 is 0 Å². The molecule has 1 aliphatic heterocycles. The van der Waals surface area contributed by atoms with Crippen molar-refractivity contribution in [1.29, 1.82) is 0 Å². The van der Waals surface area contributed by atoms with E-state index in [4.69, 9.17) is 0 Å². The van der Waals surface area contributed by atoms with Crippen LogP contribution in [0.2, 0.25) is 0 Å². The molecular weight excluding hydrogens is 677 g/mol. The fourth-order valence-corrected chi connectivity index (χ4v) is 9.29. The molecule has 0 saturated heterocycles. The Morgan fingerprint density at radius 3 is 1.75 bits per heavy atom. The van der Waals surface area contributed by atoms with Gasteiger partial charge in [0.1, 0.15) is 0 Å². The van der Waals surface area contributed by atoms with Crippen LogP contribution >= 0.6 is 0 Å². The fourth-order valence-electron chi connectivity index (χ4n) is 9.29. The number of nitrogens with zero attached hydrogens (tertiary/aromatic N) is 1. The molecule has 2 heteroatoms. The van der Waals surface area contributed by atoms with Gasteiger partial charge in [-0.3, -0.25) is 0 Å². The first kappa shape index (κ1) is 31.0. The number of hydrogen-bond donors (Lipinski definition) is 1. The number of fused-ring (bicyclic) bond motifs is 12. The Morgan fingerprint density at radius 1 is 0.304 bits per heavy atom. The van der Waals surface area contributed by atoms with E-state index < -0.39 is 0 Å². The Bertz CT molecular complexity index is 3390. The van der Waals surface area contributed by atoms with Crippen LogP contribution in [0.15, 0.2) is 200 Å². The third-order valence-corrected chi connectivity index (χ3v) is 11.9. The zero-order valence-electron chi connectivity index (χ0n) is 30.5. The molecule has 0 aliphatic carbocycles. The molecule has 2 heterocycles. The van der Waals surface area contributed by atoms with Crippen molar-refractivity contribution in [2.75, 3.05) is 5.32 Å². The third kappa shape index (κ3) is 4.63. The van der Waals surface area contributed by atoms with Gasteiger partial charge in [0.25, 0.3) is 0 Å². The molecule has 0 radical (unpaired) electrons. The van der Waals surface area contributed by atoms with Gasteiger partial charge in [-0.05, 0) is 103 Å². The molecule has 0 bridgehead atoms. The monoisotopic (exact) mass is 710 g/mol. The maximum absolute atomic E-state index is 3.92. The molecule has 0 saturated carbocycles. The van der Waals surface area contributed by atoms with E-state index in [9.17, 15) is 0 Å². The quantitative estimate of drug-likeness (QED) is 0.180. The zero-order valence-corrected chi connectivity index (χ0v) is 30.5. The van der Waals surface area contributed by atoms with Gasteiger partial charge in [0.2, 0.25) is 0 Å². The summed E-state index contributed by atoms with van der Waals surface area (Å²) in [6, 6.07) is 73.5. The van der Waals surface area contributed by atoms with Gasteiger partial charge in [0, 0.05) is 44.2 Å². The number of rotatable bonds is 4. The van der Waals surface area contributed by atoms with Crippen molar-refractivity contribution < 1.29 is 0 Å². The Labute approximate surface area is 324 Å². The topological polar surface area (TPSA) is 17.0 Å². The molecule has 1 aliphatic rings. The summed E-state index contributed by atoms with van der Waals surface area (Å²) in [5.74, 6) is 0. The molecule has 11 aromatic rings. The number of aromatic nitrogens is 1. The van der Waals surface area contributed by atoms with Crippen LogP contribution in [-0.4, -0.2) is 4.57 Å². The van der Waals surface area contributed by atoms with Crippen molar-refractivity contribution in [1.82, 2.24) is 4.57 Å². The van der Waals surface area contributed by atoms with Crippen molar-refractivity contribution in [2.24, 2.45) is 0 Å². The highest BCUT2D eigenvalue weighted by Gasteiger charge is 2.26. The Balaban J connectivity index is 1.10. The first-order valence-electron chi connectivity index (χ1n) is 19.3. The van der Waals surface area contributed by atoms with Crippen molar-refractivity contribution in [3.8, 4) is 50.2 Å².